The number of nitrogens with zero attached hydrogens (tertiary/aromatic N) is 1. The molecule has 1 aliphatic heterocycles. The van der Waals surface area contributed by atoms with E-state index in [9.17, 15) is 14.0 Å². The van der Waals surface area contributed by atoms with Gasteiger partial charge in [-0.05, 0) is 54.4 Å². The number of halogens is 1. The van der Waals surface area contributed by atoms with Gasteiger partial charge < -0.3 is 19.7 Å². The van der Waals surface area contributed by atoms with Gasteiger partial charge in [-0.3, -0.25) is 9.59 Å². The summed E-state index contributed by atoms with van der Waals surface area (Å²) in [5, 5.41) is 2.83. The van der Waals surface area contributed by atoms with Crippen LogP contribution in [0.25, 0.3) is 0 Å². The summed E-state index contributed by atoms with van der Waals surface area (Å²) in [6.45, 7) is 2.42. The molecule has 3 aromatic carbocycles. The van der Waals surface area contributed by atoms with Crippen molar-refractivity contribution in [2.75, 3.05) is 11.9 Å². The van der Waals surface area contributed by atoms with Gasteiger partial charge in [0, 0.05) is 24.3 Å². The number of fused-ring (bicyclic) bond motifs is 1. The smallest absolute Gasteiger partial charge is 0.264 e. The Kier molecular flexibility index (Phi) is 6.88. The highest BCUT2D eigenvalue weighted by atomic mass is 19.1. The number of hydrogen-bond donors (Lipinski definition) is 1. The van der Waals surface area contributed by atoms with Gasteiger partial charge in [0.2, 0.25) is 0 Å². The van der Waals surface area contributed by atoms with Gasteiger partial charge in [-0.25, -0.2) is 4.39 Å². The Bertz CT molecular complexity index is 1120. The Hall–Kier alpha value is -3.87. The molecule has 2 amide bonds. The van der Waals surface area contributed by atoms with E-state index in [1.807, 2.05) is 25.1 Å². The molecule has 0 fully saturated rings. The van der Waals surface area contributed by atoms with E-state index >= 15 is 0 Å². The van der Waals surface area contributed by atoms with Crippen molar-refractivity contribution in [1.29, 1.82) is 0 Å². The predicted molar refractivity (Wildman–Crippen MR) is 122 cm³/mol. The van der Waals surface area contributed by atoms with Gasteiger partial charge in [-0.2, -0.15) is 0 Å². The molecule has 0 aromatic heterocycles. The Labute approximate surface area is 191 Å². The van der Waals surface area contributed by atoms with E-state index in [0.717, 1.165) is 11.1 Å². The standard InChI is InChI=1S/C26H25FN2O4/c1-2-23-26(31)29(15-18-8-10-20(27)11-9-18)16-19-14-21(12-13-24(19)33-23)28-25(30)17-32-22-6-4-3-5-7-22/h3-14,23H,2,15-17H2,1H3,(H,28,30)/t23-/m1/s1. The fourth-order valence-corrected chi connectivity index (χ4v) is 3.65. The SMILES string of the molecule is CC[C@H]1Oc2ccc(NC(=O)COc3ccccc3)cc2CN(Cc2ccc(F)cc2)C1=O. The van der Waals surface area contributed by atoms with Gasteiger partial charge in [-0.1, -0.05) is 37.3 Å². The number of carbonyl (C=O) groups is 2. The first-order chi connectivity index (χ1) is 16.0. The van der Waals surface area contributed by atoms with Crippen molar-refractivity contribution >= 4 is 17.5 Å². The third kappa shape index (κ3) is 5.68. The number of hydrogen-bond acceptors (Lipinski definition) is 4. The van der Waals surface area contributed by atoms with Crippen molar-refractivity contribution in [3.8, 4) is 11.5 Å². The molecule has 33 heavy (non-hydrogen) atoms. The van der Waals surface area contributed by atoms with Crippen LogP contribution in [-0.4, -0.2) is 29.4 Å². The lowest BCUT2D eigenvalue weighted by molar-refractivity contribution is -0.139. The number of nitrogens with one attached hydrogen (secondary N) is 1. The lowest BCUT2D eigenvalue weighted by Crippen LogP contribution is -2.38. The van der Waals surface area contributed by atoms with Crippen LogP contribution in [0, 0.1) is 5.82 Å². The predicted octanol–water partition coefficient (Wildman–Crippen LogP) is 4.54. The summed E-state index contributed by atoms with van der Waals surface area (Å²) in [7, 11) is 0. The molecule has 6 nitrogen and oxygen atoms in total. The van der Waals surface area contributed by atoms with Gasteiger partial charge in [0.1, 0.15) is 17.3 Å². The third-order valence-corrected chi connectivity index (χ3v) is 5.33. The molecule has 0 aliphatic carbocycles. The zero-order valence-corrected chi connectivity index (χ0v) is 18.3. The minimum Gasteiger partial charge on any atom is -0.484 e. The quantitative estimate of drug-likeness (QED) is 0.576. The van der Waals surface area contributed by atoms with E-state index in [-0.39, 0.29) is 24.2 Å². The maximum atomic E-state index is 13.3. The molecule has 1 aliphatic rings. The van der Waals surface area contributed by atoms with Crippen LogP contribution in [0.1, 0.15) is 24.5 Å². The number of anilines is 1. The molecule has 1 atom stereocenters. The molecule has 0 saturated carbocycles. The lowest BCUT2D eigenvalue weighted by Gasteiger charge is -2.23. The third-order valence-electron chi connectivity index (χ3n) is 5.33. The van der Waals surface area contributed by atoms with Crippen LogP contribution >= 0.6 is 0 Å². The highest BCUT2D eigenvalue weighted by Gasteiger charge is 2.30. The van der Waals surface area contributed by atoms with E-state index in [1.54, 1.807) is 47.4 Å². The van der Waals surface area contributed by atoms with Gasteiger partial charge in [0.15, 0.2) is 12.7 Å². The van der Waals surface area contributed by atoms with Crippen LogP contribution < -0.4 is 14.8 Å². The fraction of sp³-hybridized carbons (Fsp3) is 0.231. The molecule has 0 radical (unpaired) electrons. The highest BCUT2D eigenvalue weighted by Crippen LogP contribution is 2.30. The Morgan fingerprint density at radius 1 is 1.12 bits per heavy atom. The van der Waals surface area contributed by atoms with Crippen molar-refractivity contribution in [2.45, 2.75) is 32.5 Å². The lowest BCUT2D eigenvalue weighted by atomic mass is 10.1. The molecule has 1 heterocycles. The monoisotopic (exact) mass is 448 g/mol. The topological polar surface area (TPSA) is 67.9 Å². The zero-order chi connectivity index (χ0) is 23.2. The minimum atomic E-state index is -0.605. The van der Waals surface area contributed by atoms with E-state index in [2.05, 4.69) is 5.32 Å². The fourth-order valence-electron chi connectivity index (χ4n) is 3.65. The molecule has 0 saturated heterocycles. The number of carbonyl (C=O) groups excluding carboxylic acids is 2. The second-order valence-electron chi connectivity index (χ2n) is 7.81. The number of rotatable bonds is 7. The first-order valence-electron chi connectivity index (χ1n) is 10.8. The maximum Gasteiger partial charge on any atom is 0.264 e. The number of para-hydroxylation sites is 1. The van der Waals surface area contributed by atoms with Crippen molar-refractivity contribution in [3.63, 3.8) is 0 Å². The number of amides is 2. The number of benzene rings is 3. The zero-order valence-electron chi connectivity index (χ0n) is 18.3. The van der Waals surface area contributed by atoms with Crippen LogP contribution in [0.15, 0.2) is 72.8 Å². The Morgan fingerprint density at radius 2 is 1.88 bits per heavy atom. The molecule has 0 spiro atoms. The van der Waals surface area contributed by atoms with Gasteiger partial charge in [0.25, 0.3) is 11.8 Å². The van der Waals surface area contributed by atoms with Crippen LogP contribution in [-0.2, 0) is 22.7 Å². The van der Waals surface area contributed by atoms with Crippen LogP contribution in [0.2, 0.25) is 0 Å². The largest absolute Gasteiger partial charge is 0.484 e. The highest BCUT2D eigenvalue weighted by molar-refractivity contribution is 5.92. The molecule has 1 N–H and O–H groups in total. The summed E-state index contributed by atoms with van der Waals surface area (Å²) in [6, 6.07) is 20.5. The van der Waals surface area contributed by atoms with Crippen LogP contribution in [0.5, 0.6) is 11.5 Å². The summed E-state index contributed by atoms with van der Waals surface area (Å²) in [6.07, 6.45) is -0.0838. The van der Waals surface area contributed by atoms with Crippen molar-refractivity contribution in [2.24, 2.45) is 0 Å². The summed E-state index contributed by atoms with van der Waals surface area (Å²) >= 11 is 0. The molecule has 3 aromatic rings. The second kappa shape index (κ2) is 10.2. The first-order valence-corrected chi connectivity index (χ1v) is 10.8. The van der Waals surface area contributed by atoms with E-state index < -0.39 is 6.10 Å². The van der Waals surface area contributed by atoms with Crippen LogP contribution in [0.4, 0.5) is 10.1 Å². The summed E-state index contributed by atoms with van der Waals surface area (Å²) < 4.78 is 24.7. The van der Waals surface area contributed by atoms with E-state index in [1.165, 1.54) is 12.1 Å². The molecule has 0 bridgehead atoms. The maximum absolute atomic E-state index is 13.3. The van der Waals surface area contributed by atoms with E-state index in [0.29, 0.717) is 36.7 Å². The van der Waals surface area contributed by atoms with Crippen molar-refractivity contribution < 1.29 is 23.5 Å². The first kappa shape index (κ1) is 22.3. The van der Waals surface area contributed by atoms with Crippen LogP contribution in [0.3, 0.4) is 0 Å². The second-order valence-corrected chi connectivity index (χ2v) is 7.81. The average molecular weight is 448 g/mol. The average Bonchev–Trinajstić information content (AvgIpc) is 2.96. The Balaban J connectivity index is 1.48. The summed E-state index contributed by atoms with van der Waals surface area (Å²) in [5.41, 5.74) is 2.19. The minimum absolute atomic E-state index is 0.120. The summed E-state index contributed by atoms with van der Waals surface area (Å²) in [5.74, 6) is 0.482. The van der Waals surface area contributed by atoms with Gasteiger partial charge in [-0.15, -0.1) is 0 Å². The molecule has 0 unspecified atom stereocenters. The molecule has 170 valence electrons. The Morgan fingerprint density at radius 3 is 2.61 bits per heavy atom. The van der Waals surface area contributed by atoms with Crippen molar-refractivity contribution in [1.82, 2.24) is 4.90 Å². The molecular weight excluding hydrogens is 423 g/mol. The van der Waals surface area contributed by atoms with Gasteiger partial charge >= 0.3 is 0 Å². The number of ether oxygens (including phenoxy) is 2. The molecule has 7 heteroatoms. The summed E-state index contributed by atoms with van der Waals surface area (Å²) in [4.78, 5) is 27.1. The normalized spacial score (nSPS) is 15.3. The van der Waals surface area contributed by atoms with Gasteiger partial charge in [0.05, 0.1) is 0 Å². The molecule has 4 rings (SSSR count). The van der Waals surface area contributed by atoms with Crippen molar-refractivity contribution in [3.05, 3.63) is 89.7 Å². The van der Waals surface area contributed by atoms with E-state index in [4.69, 9.17) is 9.47 Å². The molecular formula is C26H25FN2O4.